The summed E-state index contributed by atoms with van der Waals surface area (Å²) >= 11 is 12.2. The molecule has 0 saturated heterocycles. The van der Waals surface area contributed by atoms with Crippen LogP contribution in [0.2, 0.25) is 10.0 Å². The van der Waals surface area contributed by atoms with Gasteiger partial charge in [-0.05, 0) is 31.2 Å². The molecule has 8 heteroatoms. The molecule has 1 aromatic rings. The molecule has 0 saturated carbocycles. The van der Waals surface area contributed by atoms with Crippen molar-refractivity contribution in [2.24, 2.45) is 0 Å². The fourth-order valence-electron chi connectivity index (χ4n) is 1.85. The second-order valence-electron chi connectivity index (χ2n) is 4.59. The molecule has 0 amide bonds. The summed E-state index contributed by atoms with van der Waals surface area (Å²) in [5, 5.41) is 3.42. The molecule has 0 aromatic heterocycles. The minimum absolute atomic E-state index is 0.0172. The van der Waals surface area contributed by atoms with Gasteiger partial charge in [-0.25, -0.2) is 13.1 Å². The Labute approximate surface area is 136 Å². The topological polar surface area (TPSA) is 67.4 Å². The van der Waals surface area contributed by atoms with Crippen LogP contribution in [0.4, 0.5) is 0 Å². The van der Waals surface area contributed by atoms with E-state index in [2.05, 4.69) is 10.0 Å². The summed E-state index contributed by atoms with van der Waals surface area (Å²) in [6.45, 7) is 2.59. The third-order valence-electron chi connectivity index (χ3n) is 2.92. The highest BCUT2D eigenvalue weighted by Crippen LogP contribution is 2.29. The summed E-state index contributed by atoms with van der Waals surface area (Å²) < 4.78 is 32.5. The monoisotopic (exact) mass is 354 g/mol. The zero-order valence-electron chi connectivity index (χ0n) is 12.2. The number of sulfonamides is 1. The predicted octanol–water partition coefficient (Wildman–Crippen LogP) is 2.42. The lowest BCUT2D eigenvalue weighted by atomic mass is 10.2. The summed E-state index contributed by atoms with van der Waals surface area (Å²) in [4.78, 5) is -0.0172. The van der Waals surface area contributed by atoms with Gasteiger partial charge in [0.25, 0.3) is 0 Å². The molecule has 21 heavy (non-hydrogen) atoms. The number of methoxy groups -OCH3 is 1. The Balaban J connectivity index is 3.18. The Morgan fingerprint density at radius 3 is 2.52 bits per heavy atom. The Hall–Kier alpha value is -0.370. The lowest BCUT2D eigenvalue weighted by Crippen LogP contribution is -2.37. The molecule has 5 nitrogen and oxygen atoms in total. The van der Waals surface area contributed by atoms with Crippen molar-refractivity contribution in [3.8, 4) is 0 Å². The number of halogens is 2. The van der Waals surface area contributed by atoms with Gasteiger partial charge in [0.05, 0.1) is 11.6 Å². The molecule has 0 heterocycles. The fourth-order valence-corrected chi connectivity index (χ4v) is 4.09. The first-order valence-electron chi connectivity index (χ1n) is 6.49. The average Bonchev–Trinajstić information content (AvgIpc) is 2.41. The van der Waals surface area contributed by atoms with E-state index in [4.69, 9.17) is 27.9 Å². The summed E-state index contributed by atoms with van der Waals surface area (Å²) in [6.07, 6.45) is 0.606. The minimum Gasteiger partial charge on any atom is -0.383 e. The number of benzene rings is 1. The molecule has 0 radical (unpaired) electrons. The van der Waals surface area contributed by atoms with Gasteiger partial charge in [0, 0.05) is 24.7 Å². The molecule has 0 aliphatic carbocycles. The number of ether oxygens (including phenoxy) is 1. The van der Waals surface area contributed by atoms with E-state index in [-0.39, 0.29) is 22.6 Å². The Kier molecular flexibility index (Phi) is 7.39. The van der Waals surface area contributed by atoms with Crippen LogP contribution in [0.3, 0.4) is 0 Å². The largest absolute Gasteiger partial charge is 0.383 e. The standard InChI is InChI=1S/C13H20Cl2N2O3S/c1-4-11(8-20-3)17-21(18,19)12-6-10(14)5-9(7-16-2)13(12)15/h5-6,11,16-17H,4,7-8H2,1-3H3. The highest BCUT2D eigenvalue weighted by molar-refractivity contribution is 7.89. The molecule has 1 rings (SSSR count). The molecular weight excluding hydrogens is 335 g/mol. The molecule has 0 bridgehead atoms. The number of hydrogen-bond donors (Lipinski definition) is 2. The SMILES string of the molecule is CCC(COC)NS(=O)(=O)c1cc(Cl)cc(CNC)c1Cl. The summed E-state index contributed by atoms with van der Waals surface area (Å²) in [5.74, 6) is 0. The number of rotatable bonds is 8. The van der Waals surface area contributed by atoms with Crippen LogP contribution >= 0.6 is 23.2 Å². The molecule has 0 aliphatic rings. The fraction of sp³-hybridized carbons (Fsp3) is 0.538. The van der Waals surface area contributed by atoms with Crippen LogP contribution in [0.5, 0.6) is 0 Å². The predicted molar refractivity (Wildman–Crippen MR) is 85.5 cm³/mol. The van der Waals surface area contributed by atoms with Gasteiger partial charge in [0.15, 0.2) is 0 Å². The van der Waals surface area contributed by atoms with Gasteiger partial charge >= 0.3 is 0 Å². The van der Waals surface area contributed by atoms with Crippen LogP contribution in [0, 0.1) is 0 Å². The Bertz CT molecular complexity index is 579. The van der Waals surface area contributed by atoms with Crippen LogP contribution in [0.1, 0.15) is 18.9 Å². The first kappa shape index (κ1) is 18.7. The van der Waals surface area contributed by atoms with E-state index in [1.165, 1.54) is 13.2 Å². The molecule has 1 atom stereocenters. The van der Waals surface area contributed by atoms with Crippen molar-refractivity contribution in [1.82, 2.24) is 10.0 Å². The maximum Gasteiger partial charge on any atom is 0.242 e. The zero-order valence-corrected chi connectivity index (χ0v) is 14.6. The maximum atomic E-state index is 12.5. The molecule has 0 spiro atoms. The number of nitrogens with one attached hydrogen (secondary N) is 2. The first-order valence-corrected chi connectivity index (χ1v) is 8.73. The second-order valence-corrected chi connectivity index (χ2v) is 7.09. The van der Waals surface area contributed by atoms with E-state index in [9.17, 15) is 8.42 Å². The van der Waals surface area contributed by atoms with Crippen LogP contribution in [-0.2, 0) is 21.3 Å². The lowest BCUT2D eigenvalue weighted by molar-refractivity contribution is 0.173. The third-order valence-corrected chi connectivity index (χ3v) is 5.24. The van der Waals surface area contributed by atoms with Crippen molar-refractivity contribution >= 4 is 33.2 Å². The van der Waals surface area contributed by atoms with Gasteiger partial charge in [-0.2, -0.15) is 0 Å². The minimum atomic E-state index is -3.76. The van der Waals surface area contributed by atoms with Gasteiger partial charge in [-0.1, -0.05) is 30.1 Å². The van der Waals surface area contributed by atoms with Crippen molar-refractivity contribution in [3.05, 3.63) is 27.7 Å². The highest BCUT2D eigenvalue weighted by atomic mass is 35.5. The normalized spacial score (nSPS) is 13.4. The van der Waals surface area contributed by atoms with Crippen LogP contribution < -0.4 is 10.0 Å². The molecule has 0 aliphatic heterocycles. The first-order chi connectivity index (χ1) is 9.85. The van der Waals surface area contributed by atoms with E-state index in [1.807, 2.05) is 6.92 Å². The maximum absolute atomic E-state index is 12.5. The zero-order chi connectivity index (χ0) is 16.0. The Morgan fingerprint density at radius 1 is 1.33 bits per heavy atom. The van der Waals surface area contributed by atoms with E-state index in [0.717, 1.165) is 0 Å². The summed E-state index contributed by atoms with van der Waals surface area (Å²) in [6, 6.07) is 2.68. The van der Waals surface area contributed by atoms with Crippen LogP contribution in [0.25, 0.3) is 0 Å². The van der Waals surface area contributed by atoms with Gasteiger partial charge < -0.3 is 10.1 Å². The highest BCUT2D eigenvalue weighted by Gasteiger charge is 2.24. The van der Waals surface area contributed by atoms with Crippen molar-refractivity contribution < 1.29 is 13.2 Å². The van der Waals surface area contributed by atoms with Gasteiger partial charge in [0.1, 0.15) is 4.90 Å². The van der Waals surface area contributed by atoms with Crippen molar-refractivity contribution in [2.75, 3.05) is 20.8 Å². The molecule has 2 N–H and O–H groups in total. The van der Waals surface area contributed by atoms with E-state index in [1.54, 1.807) is 13.1 Å². The van der Waals surface area contributed by atoms with Gasteiger partial charge in [0.2, 0.25) is 10.0 Å². The Morgan fingerprint density at radius 2 is 2.00 bits per heavy atom. The molecule has 0 fully saturated rings. The van der Waals surface area contributed by atoms with Crippen LogP contribution in [0.15, 0.2) is 17.0 Å². The molecule has 1 unspecified atom stereocenters. The van der Waals surface area contributed by atoms with E-state index >= 15 is 0 Å². The van der Waals surface area contributed by atoms with Crippen molar-refractivity contribution in [2.45, 2.75) is 30.8 Å². The lowest BCUT2D eigenvalue weighted by Gasteiger charge is -2.18. The molecule has 120 valence electrons. The van der Waals surface area contributed by atoms with Gasteiger partial charge in [-0.3, -0.25) is 0 Å². The van der Waals surface area contributed by atoms with E-state index in [0.29, 0.717) is 23.6 Å². The third kappa shape index (κ3) is 5.09. The van der Waals surface area contributed by atoms with Crippen LogP contribution in [-0.4, -0.2) is 35.2 Å². The molecular formula is C13H20Cl2N2O3S. The van der Waals surface area contributed by atoms with Crippen molar-refractivity contribution in [1.29, 1.82) is 0 Å². The summed E-state index contributed by atoms with van der Waals surface area (Å²) in [7, 11) is -0.494. The summed E-state index contributed by atoms with van der Waals surface area (Å²) in [5.41, 5.74) is 0.631. The smallest absolute Gasteiger partial charge is 0.242 e. The van der Waals surface area contributed by atoms with Crippen molar-refractivity contribution in [3.63, 3.8) is 0 Å². The van der Waals surface area contributed by atoms with Gasteiger partial charge in [-0.15, -0.1) is 0 Å². The average molecular weight is 355 g/mol. The second kappa shape index (κ2) is 8.31. The quantitative estimate of drug-likeness (QED) is 0.752. The molecule has 1 aromatic carbocycles. The van der Waals surface area contributed by atoms with E-state index < -0.39 is 10.0 Å². The number of hydrogen-bond acceptors (Lipinski definition) is 4.